The van der Waals surface area contributed by atoms with Crippen LogP contribution in [0, 0.1) is 0 Å². The molecule has 0 bridgehead atoms. The van der Waals surface area contributed by atoms with Gasteiger partial charge in [0.2, 0.25) is 6.49 Å². The summed E-state index contributed by atoms with van der Waals surface area (Å²) in [6.45, 7) is -1.16. The van der Waals surface area contributed by atoms with Gasteiger partial charge < -0.3 is 9.42 Å². The van der Waals surface area contributed by atoms with Crippen LogP contribution in [0.3, 0.4) is 0 Å². The number of hydrogen-bond donors (Lipinski definition) is 1. The van der Waals surface area contributed by atoms with Crippen LogP contribution in [0.4, 0.5) is 13.2 Å². The van der Waals surface area contributed by atoms with E-state index in [0.29, 0.717) is 6.42 Å². The lowest BCUT2D eigenvalue weighted by atomic mass is 10.1. The zero-order chi connectivity index (χ0) is 14.5. The third-order valence-corrected chi connectivity index (χ3v) is 4.94. The van der Waals surface area contributed by atoms with E-state index in [0.717, 1.165) is 6.42 Å². The van der Waals surface area contributed by atoms with Gasteiger partial charge in [-0.25, -0.2) is 0 Å². The molecule has 0 aliphatic heterocycles. The maximum absolute atomic E-state index is 12.5. The molecule has 1 unspecified atom stereocenters. The lowest BCUT2D eigenvalue weighted by Crippen LogP contribution is -2.20. The van der Waals surface area contributed by atoms with Crippen molar-refractivity contribution in [1.82, 2.24) is 0 Å². The molecule has 1 N–H and O–H groups in total. The molecule has 2 nitrogen and oxygen atoms in total. The van der Waals surface area contributed by atoms with E-state index < -0.39 is 19.1 Å². The fourth-order valence-corrected chi connectivity index (χ4v) is 3.62. The van der Waals surface area contributed by atoms with Crippen molar-refractivity contribution in [3.8, 4) is 0 Å². The predicted molar refractivity (Wildman–Crippen MR) is 73.2 cm³/mol. The van der Waals surface area contributed by atoms with Gasteiger partial charge in [0.15, 0.2) is 0 Å². The highest BCUT2D eigenvalue weighted by Gasteiger charge is 2.31. The molecular formula is C12H16F3O2PS. The van der Waals surface area contributed by atoms with Crippen molar-refractivity contribution in [2.75, 3.05) is 6.61 Å². The van der Waals surface area contributed by atoms with Gasteiger partial charge in [-0.1, -0.05) is 31.5 Å². The average Bonchev–Trinajstić information content (AvgIpc) is 2.27. The van der Waals surface area contributed by atoms with Gasteiger partial charge >= 0.3 is 6.18 Å². The molecule has 0 saturated heterocycles. The van der Waals surface area contributed by atoms with Crippen LogP contribution in [0.15, 0.2) is 24.3 Å². The molecule has 0 saturated carbocycles. The summed E-state index contributed by atoms with van der Waals surface area (Å²) in [6.07, 6.45) is -3.88. The Morgan fingerprint density at radius 3 is 2.53 bits per heavy atom. The topological polar surface area (TPSA) is 29.5 Å². The first kappa shape index (κ1) is 16.6. The lowest BCUT2D eigenvalue weighted by molar-refractivity contribution is -0.127. The van der Waals surface area contributed by atoms with Gasteiger partial charge in [-0.05, 0) is 29.9 Å². The quantitative estimate of drug-likeness (QED) is 0.643. The summed E-state index contributed by atoms with van der Waals surface area (Å²) in [4.78, 5) is 10.1. The summed E-state index contributed by atoms with van der Waals surface area (Å²) < 4.78 is 42.6. The second kappa shape index (κ2) is 6.84. The SMILES string of the molecule is CCCCOP(O)(=S)c1ccccc1CC(F)(F)F. The van der Waals surface area contributed by atoms with E-state index in [4.69, 9.17) is 16.3 Å². The molecular weight excluding hydrogens is 296 g/mol. The highest BCUT2D eigenvalue weighted by molar-refractivity contribution is 8.13. The Morgan fingerprint density at radius 1 is 1.32 bits per heavy atom. The highest BCUT2D eigenvalue weighted by atomic mass is 32.5. The smallest absolute Gasteiger partial charge is 0.342 e. The molecule has 0 amide bonds. The summed E-state index contributed by atoms with van der Waals surface area (Å²) >= 11 is 4.98. The molecule has 1 aromatic rings. The first-order chi connectivity index (χ1) is 8.76. The fourth-order valence-electron chi connectivity index (χ4n) is 1.55. The van der Waals surface area contributed by atoms with Crippen LogP contribution < -0.4 is 5.30 Å². The molecule has 0 spiro atoms. The van der Waals surface area contributed by atoms with E-state index in [1.165, 1.54) is 18.2 Å². The van der Waals surface area contributed by atoms with Gasteiger partial charge in [-0.3, -0.25) is 0 Å². The summed E-state index contributed by atoms with van der Waals surface area (Å²) in [6, 6.07) is 5.78. The van der Waals surface area contributed by atoms with Crippen LogP contribution in [-0.4, -0.2) is 17.7 Å². The van der Waals surface area contributed by atoms with E-state index in [1.807, 2.05) is 6.92 Å². The maximum atomic E-state index is 12.5. The van der Waals surface area contributed by atoms with E-state index in [9.17, 15) is 18.1 Å². The fraction of sp³-hybridized carbons (Fsp3) is 0.500. The van der Waals surface area contributed by atoms with Gasteiger partial charge in [0, 0.05) is 5.30 Å². The molecule has 0 aliphatic rings. The van der Waals surface area contributed by atoms with Gasteiger partial charge in [0.1, 0.15) is 0 Å². The van der Waals surface area contributed by atoms with Crippen molar-refractivity contribution in [2.24, 2.45) is 0 Å². The van der Waals surface area contributed by atoms with Crippen LogP contribution in [-0.2, 0) is 22.8 Å². The Balaban J connectivity index is 2.95. The molecule has 0 radical (unpaired) electrons. The van der Waals surface area contributed by atoms with Gasteiger partial charge in [0.05, 0.1) is 13.0 Å². The summed E-state index contributed by atoms with van der Waals surface area (Å²) in [7, 11) is 0. The number of rotatable bonds is 6. The summed E-state index contributed by atoms with van der Waals surface area (Å²) in [5, 5.41) is 0.0958. The number of hydrogen-bond acceptors (Lipinski definition) is 2. The molecule has 1 aromatic carbocycles. The van der Waals surface area contributed by atoms with Crippen molar-refractivity contribution in [3.63, 3.8) is 0 Å². The number of benzene rings is 1. The Bertz CT molecular complexity index is 463. The van der Waals surface area contributed by atoms with E-state index in [-0.39, 0.29) is 17.5 Å². The van der Waals surface area contributed by atoms with Crippen molar-refractivity contribution in [2.45, 2.75) is 32.4 Å². The Hall–Kier alpha value is -0.420. The third kappa shape index (κ3) is 5.61. The van der Waals surface area contributed by atoms with Crippen LogP contribution >= 0.6 is 6.49 Å². The van der Waals surface area contributed by atoms with Crippen LogP contribution in [0.5, 0.6) is 0 Å². The van der Waals surface area contributed by atoms with Crippen LogP contribution in [0.1, 0.15) is 25.3 Å². The molecule has 1 rings (SSSR count). The first-order valence-electron chi connectivity index (χ1n) is 5.89. The standard InChI is InChI=1S/C12H16F3O2PS/c1-2-3-8-17-18(16,19)11-7-5-4-6-10(11)9-12(13,14)15/h4-7H,2-3,8-9H2,1H3,(H,16,19). The Kier molecular flexibility index (Phi) is 5.99. The Labute approximate surface area is 115 Å². The average molecular weight is 312 g/mol. The number of halogens is 3. The number of unbranched alkanes of at least 4 members (excludes halogenated alkanes) is 1. The van der Waals surface area contributed by atoms with Crippen LogP contribution in [0.2, 0.25) is 0 Å². The zero-order valence-electron chi connectivity index (χ0n) is 10.5. The van der Waals surface area contributed by atoms with Crippen molar-refractivity contribution in [3.05, 3.63) is 29.8 Å². The van der Waals surface area contributed by atoms with Crippen molar-refractivity contribution >= 4 is 23.6 Å². The first-order valence-corrected chi connectivity index (χ1v) is 8.56. The normalized spacial score (nSPS) is 15.2. The third-order valence-electron chi connectivity index (χ3n) is 2.45. The lowest BCUT2D eigenvalue weighted by Gasteiger charge is -2.20. The summed E-state index contributed by atoms with van der Waals surface area (Å²) in [5.41, 5.74) is -0.0164. The second-order valence-corrected chi connectivity index (χ2v) is 7.39. The van der Waals surface area contributed by atoms with Crippen molar-refractivity contribution < 1.29 is 22.6 Å². The Morgan fingerprint density at radius 2 is 1.95 bits per heavy atom. The van der Waals surface area contributed by atoms with Crippen molar-refractivity contribution in [1.29, 1.82) is 0 Å². The maximum Gasteiger partial charge on any atom is 0.393 e. The highest BCUT2D eigenvalue weighted by Crippen LogP contribution is 2.43. The number of alkyl halides is 3. The second-order valence-electron chi connectivity index (χ2n) is 4.13. The zero-order valence-corrected chi connectivity index (χ0v) is 12.2. The minimum atomic E-state index is -4.34. The van der Waals surface area contributed by atoms with E-state index >= 15 is 0 Å². The molecule has 7 heteroatoms. The summed E-state index contributed by atoms with van der Waals surface area (Å²) in [5.74, 6) is 0. The van der Waals surface area contributed by atoms with Gasteiger partial charge in [0.25, 0.3) is 0 Å². The molecule has 0 fully saturated rings. The monoisotopic (exact) mass is 312 g/mol. The van der Waals surface area contributed by atoms with E-state index in [1.54, 1.807) is 6.07 Å². The van der Waals surface area contributed by atoms with Gasteiger partial charge in [-0.2, -0.15) is 13.2 Å². The minimum absolute atomic E-state index is 0.0164. The molecule has 0 aliphatic carbocycles. The predicted octanol–water partition coefficient (Wildman–Crippen LogP) is 3.54. The minimum Gasteiger partial charge on any atom is -0.342 e. The molecule has 0 heterocycles. The van der Waals surface area contributed by atoms with Gasteiger partial charge in [-0.15, -0.1) is 0 Å². The molecule has 108 valence electrons. The molecule has 19 heavy (non-hydrogen) atoms. The molecule has 0 aromatic heterocycles. The van der Waals surface area contributed by atoms with E-state index in [2.05, 4.69) is 0 Å². The largest absolute Gasteiger partial charge is 0.393 e. The molecule has 1 atom stereocenters. The van der Waals surface area contributed by atoms with Crippen LogP contribution in [0.25, 0.3) is 0 Å².